The molecule has 1 amide bonds. The molecule has 8 rings (SSSR count). The Bertz CT molecular complexity index is 2250. The van der Waals surface area contributed by atoms with Crippen LogP contribution in [-0.2, 0) is 25.9 Å². The van der Waals surface area contributed by atoms with E-state index in [4.69, 9.17) is 11.6 Å². The maximum atomic E-state index is 12.4. The largest absolute Gasteiger partial charge is 0.390 e. The molecule has 0 aromatic carbocycles. The predicted molar refractivity (Wildman–Crippen MR) is 194 cm³/mol. The highest BCUT2D eigenvalue weighted by Gasteiger charge is 2.30. The number of nitrogens with one attached hydrogen (secondary N) is 4. The van der Waals surface area contributed by atoms with Crippen molar-refractivity contribution in [3.63, 3.8) is 0 Å². The van der Waals surface area contributed by atoms with Gasteiger partial charge in [-0.3, -0.25) is 9.59 Å². The van der Waals surface area contributed by atoms with Crippen molar-refractivity contribution in [3.8, 4) is 0 Å². The van der Waals surface area contributed by atoms with Gasteiger partial charge in [-0.25, -0.2) is 19.9 Å². The molecule has 55 heavy (non-hydrogen) atoms. The molecule has 13 nitrogen and oxygen atoms in total. The van der Waals surface area contributed by atoms with E-state index in [0.29, 0.717) is 23.9 Å². The fourth-order valence-electron chi connectivity index (χ4n) is 5.85. The van der Waals surface area contributed by atoms with Crippen LogP contribution in [0, 0.1) is 0 Å². The number of aromatic nitrogens is 8. The van der Waals surface area contributed by atoms with Gasteiger partial charge in [0.1, 0.15) is 46.3 Å². The second kappa shape index (κ2) is 17.4. The maximum Gasteiger partial charge on any atom is 0.390 e. The molecule has 8 heterocycles. The molecular weight excluding hydrogens is 796 g/mol. The number of nitrogens with zero attached hydrogens (tertiary/aromatic N) is 7. The number of rotatable bonds is 8. The number of hydrogen-bond donors (Lipinski definition) is 4. The molecule has 2 aliphatic heterocycles. The van der Waals surface area contributed by atoms with Crippen LogP contribution in [0.1, 0.15) is 67.5 Å². The minimum Gasteiger partial charge on any atom is -0.351 e. The summed E-state index contributed by atoms with van der Waals surface area (Å²) in [6, 6.07) is 3.74. The van der Waals surface area contributed by atoms with E-state index in [1.54, 1.807) is 12.4 Å². The lowest BCUT2D eigenvalue weighted by Crippen LogP contribution is -2.31. The number of carbonyl (C=O) groups is 2. The van der Waals surface area contributed by atoms with Crippen molar-refractivity contribution in [2.45, 2.75) is 64.0 Å². The van der Waals surface area contributed by atoms with Crippen LogP contribution in [0.15, 0.2) is 37.2 Å². The highest BCUT2D eigenvalue weighted by atomic mass is 35.5. The Balaban J connectivity index is 0.000000157. The molecule has 0 saturated carbocycles. The van der Waals surface area contributed by atoms with Gasteiger partial charge >= 0.3 is 12.4 Å². The Labute approximate surface area is 321 Å². The zero-order valence-electron chi connectivity index (χ0n) is 28.7. The van der Waals surface area contributed by atoms with Gasteiger partial charge in [-0.05, 0) is 48.0 Å². The van der Waals surface area contributed by atoms with Crippen LogP contribution in [0.3, 0.4) is 0 Å². The van der Waals surface area contributed by atoms with Crippen LogP contribution in [-0.4, -0.2) is 82.3 Å². The van der Waals surface area contributed by atoms with Crippen molar-refractivity contribution >= 4 is 74.2 Å². The lowest BCUT2D eigenvalue weighted by atomic mass is 10.0. The number of H-pyrrole nitrogens is 2. The van der Waals surface area contributed by atoms with E-state index in [0.717, 1.165) is 74.7 Å². The normalized spacial score (nSPS) is 14.1. The average molecular weight is 828 g/mol. The van der Waals surface area contributed by atoms with Gasteiger partial charge in [0.15, 0.2) is 5.78 Å². The molecule has 0 aliphatic carbocycles. The quantitative estimate of drug-likeness (QED) is 0.0714. The average Bonchev–Trinajstić information content (AvgIpc) is 3.97. The van der Waals surface area contributed by atoms with Gasteiger partial charge < -0.3 is 25.5 Å². The van der Waals surface area contributed by atoms with E-state index < -0.39 is 37.6 Å². The number of halogens is 7. The fourth-order valence-corrected chi connectivity index (χ4v) is 7.78. The first-order chi connectivity index (χ1) is 26.3. The summed E-state index contributed by atoms with van der Waals surface area (Å²) in [6.45, 7) is 2.16. The molecule has 0 unspecified atom stereocenters. The number of aromatic amines is 2. The van der Waals surface area contributed by atoms with Gasteiger partial charge in [0.25, 0.3) is 5.91 Å². The van der Waals surface area contributed by atoms with E-state index in [2.05, 4.69) is 54.2 Å². The van der Waals surface area contributed by atoms with Crippen molar-refractivity contribution in [2.24, 2.45) is 0 Å². The molecule has 0 saturated heterocycles. The van der Waals surface area contributed by atoms with E-state index in [-0.39, 0.29) is 24.3 Å². The second-order valence-corrected chi connectivity index (χ2v) is 14.4. The summed E-state index contributed by atoms with van der Waals surface area (Å²) in [4.78, 5) is 50.5. The van der Waals surface area contributed by atoms with Crippen molar-refractivity contribution in [1.82, 2.24) is 49.3 Å². The Kier molecular flexibility index (Phi) is 12.6. The van der Waals surface area contributed by atoms with E-state index >= 15 is 0 Å². The van der Waals surface area contributed by atoms with Gasteiger partial charge in [-0.15, -0.1) is 0 Å². The van der Waals surface area contributed by atoms with Gasteiger partial charge in [0.05, 0.1) is 17.2 Å². The molecule has 0 radical (unpaired) electrons. The Morgan fingerprint density at radius 3 is 2.20 bits per heavy atom. The first kappa shape index (κ1) is 39.9. The summed E-state index contributed by atoms with van der Waals surface area (Å²) in [5.41, 5.74) is 3.70. The molecule has 0 fully saturated rings. The number of hydrogen-bond acceptors (Lipinski definition) is 12. The molecule has 22 heteroatoms. The number of fused-ring (bicyclic) bond motifs is 4. The first-order valence-corrected chi connectivity index (χ1v) is 18.8. The highest BCUT2D eigenvalue weighted by molar-refractivity contribution is 7.06. The van der Waals surface area contributed by atoms with Gasteiger partial charge in [0.2, 0.25) is 0 Å². The third-order valence-corrected chi connectivity index (χ3v) is 10.7. The molecule has 2 aliphatic rings. The molecular formula is C33H32ClF6N11O2S2. The lowest BCUT2D eigenvalue weighted by Gasteiger charge is -2.28. The number of anilines is 1. The van der Waals surface area contributed by atoms with E-state index in [1.807, 2.05) is 12.1 Å². The summed E-state index contributed by atoms with van der Waals surface area (Å²) < 4.78 is 81.0. The molecule has 6 aromatic heterocycles. The molecule has 292 valence electrons. The van der Waals surface area contributed by atoms with Crippen molar-refractivity contribution in [1.29, 1.82) is 0 Å². The Morgan fingerprint density at radius 1 is 0.836 bits per heavy atom. The van der Waals surface area contributed by atoms with Crippen LogP contribution in [0.4, 0.5) is 32.2 Å². The van der Waals surface area contributed by atoms with Crippen molar-refractivity contribution in [2.75, 3.05) is 24.5 Å². The molecule has 4 N–H and O–H groups in total. The highest BCUT2D eigenvalue weighted by Crippen LogP contribution is 2.32. The molecule has 0 atom stereocenters. The zero-order valence-corrected chi connectivity index (χ0v) is 31.0. The predicted octanol–water partition coefficient (Wildman–Crippen LogP) is 6.97. The monoisotopic (exact) mass is 827 g/mol. The van der Waals surface area contributed by atoms with Crippen LogP contribution in [0.25, 0.3) is 22.1 Å². The minimum absolute atomic E-state index is 0.148. The summed E-state index contributed by atoms with van der Waals surface area (Å²) >= 11 is 8.24. The molecule has 0 spiro atoms. The van der Waals surface area contributed by atoms with Crippen molar-refractivity contribution in [3.05, 3.63) is 74.6 Å². The van der Waals surface area contributed by atoms with Gasteiger partial charge in [-0.2, -0.15) is 35.1 Å². The summed E-state index contributed by atoms with van der Waals surface area (Å²) in [5, 5.41) is 7.61. The van der Waals surface area contributed by atoms with E-state index in [1.165, 1.54) is 35.7 Å². The van der Waals surface area contributed by atoms with Gasteiger partial charge in [-0.1, -0.05) is 11.6 Å². The number of amides is 1. The van der Waals surface area contributed by atoms with Crippen LogP contribution in [0.5, 0.6) is 0 Å². The smallest absolute Gasteiger partial charge is 0.351 e. The lowest BCUT2D eigenvalue weighted by molar-refractivity contribution is -0.135. The van der Waals surface area contributed by atoms with Crippen LogP contribution in [0.2, 0.25) is 5.15 Å². The maximum absolute atomic E-state index is 12.4. The third kappa shape index (κ3) is 10.3. The number of Topliss-reactive ketones (excluding diaryl/α,β-unsaturated/α-hetero) is 1. The Hall–Kier alpha value is -4.73. The summed E-state index contributed by atoms with van der Waals surface area (Å²) in [7, 11) is 0. The van der Waals surface area contributed by atoms with Crippen LogP contribution < -0.4 is 15.5 Å². The Morgan fingerprint density at radius 2 is 1.49 bits per heavy atom. The standard InChI is InChI=1S/C17H16F3N5OS.C10H12F3N3OS.C6H4ClN3/c18-17(19,20)5-1-2-12(26)14-11-8-25(7-4-13(11)27-24-14)16-10-3-6-21-15(10)22-9-23-16;11-10(12,13)2-4-15-9(17)8-6-5-14-3-1-7(6)18-16-8;7-5-4-1-2-8-6(4)10-3-9-5/h3,6,9H,1-2,4-5,7-8H2,(H,21,22,23);14H,1-5H2,(H,15,17);1-3H,(H,8,9,10). The molecule has 0 bridgehead atoms. The van der Waals surface area contributed by atoms with Crippen LogP contribution >= 0.6 is 34.7 Å². The third-order valence-electron chi connectivity index (χ3n) is 8.50. The second-order valence-electron chi connectivity index (χ2n) is 12.3. The summed E-state index contributed by atoms with van der Waals surface area (Å²) in [6.07, 6.45) is -2.82. The molecule has 6 aromatic rings. The number of ketones is 1. The number of carbonyl (C=O) groups excluding carboxylic acids is 2. The SMILES string of the molecule is Clc1ncnc2[nH]ccc12.O=C(CCCC(F)(F)F)c1nsc2c1CN(c1ncnc3[nH]ccc13)CC2.O=C(NCCC(F)(F)F)c1nsc2c1CNCC2. The first-order valence-electron chi connectivity index (χ1n) is 16.8. The van der Waals surface area contributed by atoms with Crippen molar-refractivity contribution < 1.29 is 35.9 Å². The fraction of sp³-hybridized carbons (Fsp3) is 0.394. The zero-order chi connectivity index (χ0) is 39.2. The number of alkyl halides is 6. The van der Waals surface area contributed by atoms with E-state index in [9.17, 15) is 35.9 Å². The topological polar surface area (TPSA) is 170 Å². The van der Waals surface area contributed by atoms with Gasteiger partial charge in [0, 0.05) is 85.3 Å². The summed E-state index contributed by atoms with van der Waals surface area (Å²) in [5.74, 6) is -0.0814. The minimum atomic E-state index is -4.25.